The van der Waals surface area contributed by atoms with Crippen LogP contribution in [0.1, 0.15) is 42.5 Å². The van der Waals surface area contributed by atoms with E-state index in [-0.39, 0.29) is 22.5 Å². The number of nitrogens with one attached hydrogen (secondary N) is 3. The highest BCUT2D eigenvalue weighted by atomic mass is 19.1. The molecular formula is C27H29FN8O2. The summed E-state index contributed by atoms with van der Waals surface area (Å²) in [6.07, 6.45) is 1.65. The second-order valence-corrected chi connectivity index (χ2v) is 10.4. The van der Waals surface area contributed by atoms with Gasteiger partial charge in [0.2, 0.25) is 0 Å². The molecule has 0 saturated carbocycles. The van der Waals surface area contributed by atoms with Crippen LogP contribution in [-0.2, 0) is 18.5 Å². The van der Waals surface area contributed by atoms with E-state index in [2.05, 4.69) is 56.6 Å². The minimum Gasteiger partial charge on any atom is -0.334 e. The number of fused-ring (bicyclic) bond motifs is 1. The minimum atomic E-state index is -0.607. The van der Waals surface area contributed by atoms with Crippen molar-refractivity contribution in [1.82, 2.24) is 29.9 Å². The van der Waals surface area contributed by atoms with Crippen molar-refractivity contribution in [3.05, 3.63) is 81.8 Å². The maximum Gasteiger partial charge on any atom is 0.287 e. The number of aromatic nitrogens is 5. The Morgan fingerprint density at radius 3 is 2.63 bits per heavy atom. The maximum absolute atomic E-state index is 14.6. The van der Waals surface area contributed by atoms with Gasteiger partial charge in [-0.1, -0.05) is 26.8 Å². The first-order valence-corrected chi connectivity index (χ1v) is 12.3. The van der Waals surface area contributed by atoms with Crippen molar-refractivity contribution < 1.29 is 9.18 Å². The number of nitrogens with zero attached hydrogens (tertiary/aromatic N) is 5. The third kappa shape index (κ3) is 5.32. The smallest absolute Gasteiger partial charge is 0.287 e. The molecule has 3 N–H and O–H groups in total. The first-order chi connectivity index (χ1) is 18.1. The molecule has 0 spiro atoms. The molecule has 3 aromatic heterocycles. The summed E-state index contributed by atoms with van der Waals surface area (Å²) in [4.78, 5) is 31.6. The fraction of sp³-hybridized carbons (Fsp3) is 0.296. The van der Waals surface area contributed by atoms with E-state index in [1.807, 2.05) is 23.9 Å². The van der Waals surface area contributed by atoms with E-state index in [1.54, 1.807) is 18.3 Å². The number of hydrogen-bond acceptors (Lipinski definition) is 7. The molecule has 10 nitrogen and oxygen atoms in total. The van der Waals surface area contributed by atoms with Gasteiger partial charge in [0, 0.05) is 30.9 Å². The van der Waals surface area contributed by atoms with Gasteiger partial charge in [-0.2, -0.15) is 10.2 Å². The standard InChI is InChI=1S/C27H29FN8O2/c1-27(2,3)17-6-8-20(29-14-17)25(37)31-22-11-16(5-7-19(22)28)21-13-23(26(38)33-32-21)30-24-12-18-15-35(4)9-10-36(18)34-24/h5-8,11-14H,9-10,15H2,1-4H3,(H,31,37)(H,33,38)(H,30,32,34). The van der Waals surface area contributed by atoms with Crippen LogP contribution in [0, 0.1) is 5.82 Å². The zero-order chi connectivity index (χ0) is 27.0. The van der Waals surface area contributed by atoms with Gasteiger partial charge in [-0.05, 0) is 48.4 Å². The molecule has 0 saturated heterocycles. The molecule has 0 bridgehead atoms. The van der Waals surface area contributed by atoms with E-state index in [4.69, 9.17) is 0 Å². The van der Waals surface area contributed by atoms with Crippen LogP contribution in [0.3, 0.4) is 0 Å². The van der Waals surface area contributed by atoms with Crippen molar-refractivity contribution in [2.75, 3.05) is 24.2 Å². The fourth-order valence-electron chi connectivity index (χ4n) is 4.18. The number of amides is 1. The first kappa shape index (κ1) is 25.3. The third-order valence-corrected chi connectivity index (χ3v) is 6.43. The Balaban J connectivity index is 1.37. The largest absolute Gasteiger partial charge is 0.334 e. The van der Waals surface area contributed by atoms with Gasteiger partial charge in [0.1, 0.15) is 17.2 Å². The molecule has 5 rings (SSSR count). The van der Waals surface area contributed by atoms with E-state index in [0.29, 0.717) is 17.1 Å². The lowest BCUT2D eigenvalue weighted by atomic mass is 9.88. The fourth-order valence-corrected chi connectivity index (χ4v) is 4.18. The summed E-state index contributed by atoms with van der Waals surface area (Å²) in [6, 6.07) is 11.1. The summed E-state index contributed by atoms with van der Waals surface area (Å²) in [5.74, 6) is -0.590. The summed E-state index contributed by atoms with van der Waals surface area (Å²) in [5.41, 5.74) is 2.80. The third-order valence-electron chi connectivity index (χ3n) is 6.43. The molecule has 0 fully saturated rings. The van der Waals surface area contributed by atoms with Crippen LogP contribution in [0.5, 0.6) is 0 Å². The molecular weight excluding hydrogens is 487 g/mol. The van der Waals surface area contributed by atoms with Crippen LogP contribution in [0.2, 0.25) is 0 Å². The number of benzene rings is 1. The van der Waals surface area contributed by atoms with Gasteiger partial charge in [0.15, 0.2) is 5.82 Å². The number of rotatable bonds is 5. The molecule has 1 aliphatic heterocycles. The zero-order valence-corrected chi connectivity index (χ0v) is 21.7. The van der Waals surface area contributed by atoms with E-state index in [1.165, 1.54) is 18.2 Å². The van der Waals surface area contributed by atoms with E-state index in [0.717, 1.165) is 30.9 Å². The van der Waals surface area contributed by atoms with Crippen molar-refractivity contribution in [3.63, 3.8) is 0 Å². The molecule has 1 aromatic carbocycles. The lowest BCUT2D eigenvalue weighted by Crippen LogP contribution is -2.30. The number of pyridine rings is 1. The molecule has 1 aliphatic rings. The van der Waals surface area contributed by atoms with Gasteiger partial charge < -0.3 is 10.6 Å². The Morgan fingerprint density at radius 2 is 1.89 bits per heavy atom. The number of aromatic amines is 1. The molecule has 4 aromatic rings. The molecule has 0 radical (unpaired) electrons. The summed E-state index contributed by atoms with van der Waals surface area (Å²) in [6.45, 7) is 8.60. The second kappa shape index (κ2) is 9.82. The Morgan fingerprint density at radius 1 is 1.08 bits per heavy atom. The van der Waals surface area contributed by atoms with Crippen molar-refractivity contribution in [3.8, 4) is 11.3 Å². The quantitative estimate of drug-likeness (QED) is 0.368. The number of carbonyl (C=O) groups excluding carboxylic acids is 1. The summed E-state index contributed by atoms with van der Waals surface area (Å²) < 4.78 is 16.5. The summed E-state index contributed by atoms with van der Waals surface area (Å²) in [5, 5.41) is 16.8. The monoisotopic (exact) mass is 516 g/mol. The highest BCUT2D eigenvalue weighted by Crippen LogP contribution is 2.26. The van der Waals surface area contributed by atoms with Crippen LogP contribution in [0.4, 0.5) is 21.6 Å². The Kier molecular flexibility index (Phi) is 6.53. The van der Waals surface area contributed by atoms with Gasteiger partial charge in [-0.3, -0.25) is 24.2 Å². The SMILES string of the molecule is CN1CCn2nc(Nc3cc(-c4ccc(F)c(NC(=O)c5ccc(C(C)(C)C)cn5)c4)n[nH]c3=O)cc2C1. The van der Waals surface area contributed by atoms with Gasteiger partial charge in [-0.15, -0.1) is 0 Å². The molecule has 4 heterocycles. The Bertz CT molecular complexity index is 1550. The van der Waals surface area contributed by atoms with Gasteiger partial charge >= 0.3 is 0 Å². The number of hydrogen-bond donors (Lipinski definition) is 3. The van der Waals surface area contributed by atoms with Crippen molar-refractivity contribution in [2.24, 2.45) is 0 Å². The lowest BCUT2D eigenvalue weighted by Gasteiger charge is -2.22. The average Bonchev–Trinajstić information content (AvgIpc) is 3.27. The predicted molar refractivity (Wildman–Crippen MR) is 143 cm³/mol. The van der Waals surface area contributed by atoms with Gasteiger partial charge in [-0.25, -0.2) is 9.49 Å². The summed E-state index contributed by atoms with van der Waals surface area (Å²) >= 11 is 0. The van der Waals surface area contributed by atoms with Crippen LogP contribution in [0.15, 0.2) is 53.5 Å². The van der Waals surface area contributed by atoms with Crippen molar-refractivity contribution in [2.45, 2.75) is 39.3 Å². The normalized spacial score (nSPS) is 13.7. The lowest BCUT2D eigenvalue weighted by molar-refractivity contribution is 0.102. The minimum absolute atomic E-state index is 0.0254. The summed E-state index contributed by atoms with van der Waals surface area (Å²) in [7, 11) is 2.04. The number of halogens is 1. The van der Waals surface area contributed by atoms with Crippen LogP contribution >= 0.6 is 0 Å². The zero-order valence-electron chi connectivity index (χ0n) is 21.7. The van der Waals surface area contributed by atoms with Gasteiger partial charge in [0.25, 0.3) is 11.5 Å². The van der Waals surface area contributed by atoms with E-state index >= 15 is 0 Å². The molecule has 0 unspecified atom stereocenters. The van der Waals surface area contributed by atoms with Crippen molar-refractivity contribution in [1.29, 1.82) is 0 Å². The number of H-pyrrole nitrogens is 1. The van der Waals surface area contributed by atoms with Crippen molar-refractivity contribution >= 4 is 23.1 Å². The molecule has 0 atom stereocenters. The highest BCUT2D eigenvalue weighted by Gasteiger charge is 2.18. The first-order valence-electron chi connectivity index (χ1n) is 12.3. The molecule has 0 aliphatic carbocycles. The molecule has 1 amide bonds. The maximum atomic E-state index is 14.6. The number of carbonyl (C=O) groups is 1. The second-order valence-electron chi connectivity index (χ2n) is 10.4. The molecule has 38 heavy (non-hydrogen) atoms. The molecule has 196 valence electrons. The van der Waals surface area contributed by atoms with Crippen LogP contribution in [-0.4, -0.2) is 49.4 Å². The van der Waals surface area contributed by atoms with E-state index in [9.17, 15) is 14.0 Å². The van der Waals surface area contributed by atoms with E-state index < -0.39 is 17.3 Å². The van der Waals surface area contributed by atoms with Crippen LogP contribution in [0.25, 0.3) is 11.3 Å². The Labute approximate surface area is 218 Å². The Hall–Kier alpha value is -4.38. The average molecular weight is 517 g/mol. The molecule has 11 heteroatoms. The van der Waals surface area contributed by atoms with Crippen LogP contribution < -0.4 is 16.2 Å². The number of anilines is 3. The topological polar surface area (TPSA) is 121 Å². The van der Waals surface area contributed by atoms with Gasteiger partial charge in [0.05, 0.1) is 23.6 Å². The number of likely N-dealkylation sites (N-methyl/N-ethyl adjacent to an activating group) is 1. The predicted octanol–water partition coefficient (Wildman–Crippen LogP) is 3.91. The highest BCUT2D eigenvalue weighted by molar-refractivity contribution is 6.03.